The summed E-state index contributed by atoms with van der Waals surface area (Å²) >= 11 is 0. The molecule has 2 N–H and O–H groups in total. The molecule has 0 saturated carbocycles. The zero-order chi connectivity index (χ0) is 14.3. The molecule has 0 aliphatic rings. The van der Waals surface area contributed by atoms with Crippen molar-refractivity contribution in [2.45, 2.75) is 6.92 Å². The lowest BCUT2D eigenvalue weighted by Crippen LogP contribution is -2.05. The summed E-state index contributed by atoms with van der Waals surface area (Å²) in [7, 11) is 0. The van der Waals surface area contributed by atoms with Gasteiger partial charge in [-0.2, -0.15) is 0 Å². The van der Waals surface area contributed by atoms with Crippen LogP contribution in [0.4, 0.5) is 0 Å². The van der Waals surface area contributed by atoms with E-state index in [-0.39, 0.29) is 16.9 Å². The van der Waals surface area contributed by atoms with Crippen LogP contribution in [0.3, 0.4) is 0 Å². The van der Waals surface area contributed by atoms with Crippen LogP contribution in [0.5, 0.6) is 11.5 Å². The van der Waals surface area contributed by atoms with Gasteiger partial charge in [0.25, 0.3) is 0 Å². The molecule has 0 atom stereocenters. The molecule has 0 aliphatic carbocycles. The van der Waals surface area contributed by atoms with Crippen LogP contribution in [0.15, 0.2) is 51.9 Å². The minimum Gasteiger partial charge on any atom is -0.508 e. The number of benzene rings is 2. The Morgan fingerprint density at radius 3 is 2.45 bits per heavy atom. The number of para-hydroxylation sites is 1. The lowest BCUT2D eigenvalue weighted by molar-refractivity contribution is 0.469. The molecule has 3 rings (SSSR count). The zero-order valence-electron chi connectivity index (χ0n) is 10.8. The number of rotatable bonds is 1. The highest BCUT2D eigenvalue weighted by molar-refractivity contribution is 5.86. The van der Waals surface area contributed by atoms with Crippen molar-refractivity contribution >= 4 is 11.0 Å². The van der Waals surface area contributed by atoms with E-state index in [0.29, 0.717) is 27.7 Å². The highest BCUT2D eigenvalue weighted by atomic mass is 16.3. The zero-order valence-corrected chi connectivity index (χ0v) is 10.8. The summed E-state index contributed by atoms with van der Waals surface area (Å²) in [6.45, 7) is 1.68. The summed E-state index contributed by atoms with van der Waals surface area (Å²) < 4.78 is 5.47. The largest absolute Gasteiger partial charge is 0.508 e. The molecule has 0 bridgehead atoms. The van der Waals surface area contributed by atoms with Crippen LogP contribution >= 0.6 is 0 Å². The van der Waals surface area contributed by atoms with E-state index < -0.39 is 0 Å². The van der Waals surface area contributed by atoms with Gasteiger partial charge in [-0.15, -0.1) is 0 Å². The van der Waals surface area contributed by atoms with Gasteiger partial charge in [0.05, 0.1) is 10.9 Å². The summed E-state index contributed by atoms with van der Waals surface area (Å²) in [5, 5.41) is 19.9. The minimum absolute atomic E-state index is 0.0228. The summed E-state index contributed by atoms with van der Waals surface area (Å²) in [5.74, 6) is 0.102. The van der Waals surface area contributed by atoms with E-state index in [2.05, 4.69) is 0 Å². The number of aromatic hydroxyl groups is 2. The molecule has 100 valence electrons. The van der Waals surface area contributed by atoms with Crippen molar-refractivity contribution in [2.24, 2.45) is 0 Å². The minimum atomic E-state index is -0.240. The average molecular weight is 268 g/mol. The number of aryl methyl sites for hydroxylation is 1. The van der Waals surface area contributed by atoms with Crippen molar-refractivity contribution in [3.8, 4) is 22.6 Å². The molecule has 2 aromatic carbocycles. The third-order valence-electron chi connectivity index (χ3n) is 3.36. The fourth-order valence-corrected chi connectivity index (χ4v) is 2.22. The first-order valence-electron chi connectivity index (χ1n) is 6.12. The van der Waals surface area contributed by atoms with E-state index in [1.807, 2.05) is 0 Å². The normalized spacial score (nSPS) is 10.8. The summed E-state index contributed by atoms with van der Waals surface area (Å²) in [6, 6.07) is 9.57. The molecule has 3 aromatic rings. The van der Waals surface area contributed by atoms with Crippen LogP contribution < -0.4 is 5.43 Å². The number of phenolic OH excluding ortho intramolecular Hbond substituents is 2. The Balaban J connectivity index is 2.36. The van der Waals surface area contributed by atoms with E-state index in [1.54, 1.807) is 25.1 Å². The quantitative estimate of drug-likeness (QED) is 0.711. The van der Waals surface area contributed by atoms with E-state index in [0.717, 1.165) is 0 Å². The summed E-state index contributed by atoms with van der Waals surface area (Å²) in [4.78, 5) is 12.5. The van der Waals surface area contributed by atoms with Crippen LogP contribution in [-0.4, -0.2) is 10.2 Å². The van der Waals surface area contributed by atoms with Crippen molar-refractivity contribution in [1.29, 1.82) is 0 Å². The number of hydrogen-bond donors (Lipinski definition) is 2. The van der Waals surface area contributed by atoms with E-state index >= 15 is 0 Å². The molecule has 0 spiro atoms. The SMILES string of the molecule is Cc1c(O)ccc2c(=O)c(-c3ccccc3O)coc12. The van der Waals surface area contributed by atoms with Gasteiger partial charge in [0, 0.05) is 11.1 Å². The van der Waals surface area contributed by atoms with Gasteiger partial charge >= 0.3 is 0 Å². The van der Waals surface area contributed by atoms with E-state index in [1.165, 1.54) is 24.5 Å². The Morgan fingerprint density at radius 1 is 0.950 bits per heavy atom. The molecule has 4 nitrogen and oxygen atoms in total. The van der Waals surface area contributed by atoms with Gasteiger partial charge in [0.15, 0.2) is 0 Å². The number of hydrogen-bond acceptors (Lipinski definition) is 4. The van der Waals surface area contributed by atoms with Gasteiger partial charge < -0.3 is 14.6 Å². The van der Waals surface area contributed by atoms with Crippen LogP contribution in [0.1, 0.15) is 5.56 Å². The molecule has 0 radical (unpaired) electrons. The van der Waals surface area contributed by atoms with Crippen molar-refractivity contribution in [1.82, 2.24) is 0 Å². The van der Waals surface area contributed by atoms with E-state index in [4.69, 9.17) is 4.42 Å². The first-order valence-corrected chi connectivity index (χ1v) is 6.12. The molecule has 4 heteroatoms. The molecule has 0 aliphatic heterocycles. The topological polar surface area (TPSA) is 70.7 Å². The predicted molar refractivity (Wildman–Crippen MR) is 76.0 cm³/mol. The highest BCUT2D eigenvalue weighted by Crippen LogP contribution is 2.30. The van der Waals surface area contributed by atoms with Crippen molar-refractivity contribution in [3.05, 3.63) is 58.4 Å². The monoisotopic (exact) mass is 268 g/mol. The van der Waals surface area contributed by atoms with E-state index in [9.17, 15) is 15.0 Å². The van der Waals surface area contributed by atoms with Crippen LogP contribution in [0.25, 0.3) is 22.1 Å². The Hall–Kier alpha value is -2.75. The maximum absolute atomic E-state index is 12.5. The van der Waals surface area contributed by atoms with Gasteiger partial charge in [0.1, 0.15) is 23.3 Å². The van der Waals surface area contributed by atoms with Crippen LogP contribution in [0, 0.1) is 6.92 Å². The lowest BCUT2D eigenvalue weighted by Gasteiger charge is -2.07. The number of phenols is 2. The van der Waals surface area contributed by atoms with Crippen LogP contribution in [0.2, 0.25) is 0 Å². The third kappa shape index (κ3) is 1.73. The molecule has 20 heavy (non-hydrogen) atoms. The van der Waals surface area contributed by atoms with Gasteiger partial charge in [0.2, 0.25) is 5.43 Å². The Bertz CT molecular complexity index is 862. The molecule has 0 amide bonds. The fourth-order valence-electron chi connectivity index (χ4n) is 2.22. The first kappa shape index (κ1) is 12.3. The second kappa shape index (κ2) is 4.42. The van der Waals surface area contributed by atoms with Gasteiger partial charge in [-0.3, -0.25) is 4.79 Å². The standard InChI is InChI=1S/C16H12O4/c1-9-13(17)7-6-11-15(19)12(8-20-16(9)11)10-4-2-3-5-14(10)18/h2-8,17-18H,1H3. The third-order valence-corrected chi connectivity index (χ3v) is 3.36. The molecule has 0 unspecified atom stereocenters. The lowest BCUT2D eigenvalue weighted by atomic mass is 10.0. The second-order valence-corrected chi connectivity index (χ2v) is 4.58. The Kier molecular flexibility index (Phi) is 2.71. The maximum atomic E-state index is 12.5. The van der Waals surface area contributed by atoms with Crippen molar-refractivity contribution in [2.75, 3.05) is 0 Å². The van der Waals surface area contributed by atoms with Crippen LogP contribution in [-0.2, 0) is 0 Å². The van der Waals surface area contributed by atoms with Crippen molar-refractivity contribution < 1.29 is 14.6 Å². The number of fused-ring (bicyclic) bond motifs is 1. The molecule has 1 aromatic heterocycles. The molecule has 1 heterocycles. The molecular weight excluding hydrogens is 256 g/mol. The van der Waals surface area contributed by atoms with Gasteiger partial charge in [-0.05, 0) is 25.1 Å². The summed E-state index contributed by atoms with van der Waals surface area (Å²) in [5.41, 5.74) is 1.35. The molecule has 0 fully saturated rings. The van der Waals surface area contributed by atoms with Gasteiger partial charge in [-0.1, -0.05) is 18.2 Å². The Labute approximate surface area is 114 Å². The highest BCUT2D eigenvalue weighted by Gasteiger charge is 2.14. The summed E-state index contributed by atoms with van der Waals surface area (Å²) in [6.07, 6.45) is 1.31. The Morgan fingerprint density at radius 2 is 1.70 bits per heavy atom. The smallest absolute Gasteiger partial charge is 0.200 e. The van der Waals surface area contributed by atoms with Gasteiger partial charge in [-0.25, -0.2) is 0 Å². The first-order chi connectivity index (χ1) is 9.59. The molecule has 0 saturated heterocycles. The predicted octanol–water partition coefficient (Wildman–Crippen LogP) is 3.18. The molecular formula is C16H12O4. The second-order valence-electron chi connectivity index (χ2n) is 4.58. The van der Waals surface area contributed by atoms with Crippen molar-refractivity contribution in [3.63, 3.8) is 0 Å². The maximum Gasteiger partial charge on any atom is 0.200 e. The average Bonchev–Trinajstić information content (AvgIpc) is 2.45. The fraction of sp³-hybridized carbons (Fsp3) is 0.0625.